The maximum Gasteiger partial charge on any atom is 0.331 e. The Balaban J connectivity index is 2.02. The van der Waals surface area contributed by atoms with Crippen molar-refractivity contribution < 1.29 is 14.7 Å². The Labute approximate surface area is 128 Å². The van der Waals surface area contributed by atoms with Gasteiger partial charge in [-0.3, -0.25) is 4.79 Å². The Hall–Kier alpha value is -1.63. The van der Waals surface area contributed by atoms with E-state index in [9.17, 15) is 9.59 Å². The van der Waals surface area contributed by atoms with Gasteiger partial charge in [-0.15, -0.1) is 22.7 Å². The largest absolute Gasteiger partial charge is 0.479 e. The van der Waals surface area contributed by atoms with Crippen LogP contribution in [0.2, 0.25) is 4.34 Å². The second kappa shape index (κ2) is 6.69. The van der Waals surface area contributed by atoms with Crippen molar-refractivity contribution >= 4 is 52.2 Å². The molecule has 0 aliphatic heterocycles. The van der Waals surface area contributed by atoms with Crippen molar-refractivity contribution in [3.63, 3.8) is 0 Å². The lowest BCUT2D eigenvalue weighted by molar-refractivity contribution is -0.141. The van der Waals surface area contributed by atoms with E-state index in [0.717, 1.165) is 4.88 Å². The van der Waals surface area contributed by atoms with Crippen molar-refractivity contribution in [1.29, 1.82) is 0 Å². The van der Waals surface area contributed by atoms with Gasteiger partial charge >= 0.3 is 5.97 Å². The molecule has 20 heavy (non-hydrogen) atoms. The molecule has 2 heterocycles. The topological polar surface area (TPSA) is 66.4 Å². The number of rotatable bonds is 5. The highest BCUT2D eigenvalue weighted by molar-refractivity contribution is 7.17. The van der Waals surface area contributed by atoms with Gasteiger partial charge in [-0.05, 0) is 29.7 Å². The van der Waals surface area contributed by atoms with Gasteiger partial charge in [0.25, 0.3) is 0 Å². The molecule has 0 radical (unpaired) electrons. The average Bonchev–Trinajstić information content (AvgIpc) is 3.04. The van der Waals surface area contributed by atoms with Gasteiger partial charge in [0.1, 0.15) is 0 Å². The number of carbonyl (C=O) groups excluding carboxylic acids is 1. The summed E-state index contributed by atoms with van der Waals surface area (Å²) in [5.41, 5.74) is 0. The van der Waals surface area contributed by atoms with E-state index in [1.807, 2.05) is 0 Å². The number of halogens is 1. The maximum atomic E-state index is 11.7. The predicted molar refractivity (Wildman–Crippen MR) is 81.2 cm³/mol. The van der Waals surface area contributed by atoms with Crippen LogP contribution in [-0.2, 0) is 9.59 Å². The Kier molecular flexibility index (Phi) is 4.94. The molecule has 2 aromatic rings. The van der Waals surface area contributed by atoms with Crippen LogP contribution in [0.1, 0.15) is 15.8 Å². The highest BCUT2D eigenvalue weighted by Gasteiger charge is 2.21. The molecule has 1 amide bonds. The number of nitrogens with one attached hydrogen (secondary N) is 1. The summed E-state index contributed by atoms with van der Waals surface area (Å²) < 4.78 is 0.632. The quantitative estimate of drug-likeness (QED) is 0.827. The normalized spacial score (nSPS) is 12.4. The fourth-order valence-corrected chi connectivity index (χ4v) is 3.21. The molecular weight excluding hydrogens is 318 g/mol. The first-order chi connectivity index (χ1) is 9.56. The van der Waals surface area contributed by atoms with E-state index in [1.54, 1.807) is 35.7 Å². The van der Waals surface area contributed by atoms with Crippen molar-refractivity contribution in [3.05, 3.63) is 49.8 Å². The van der Waals surface area contributed by atoms with Crippen molar-refractivity contribution in [2.24, 2.45) is 0 Å². The van der Waals surface area contributed by atoms with Crippen LogP contribution in [0.4, 0.5) is 0 Å². The van der Waals surface area contributed by atoms with E-state index < -0.39 is 17.9 Å². The highest BCUT2D eigenvalue weighted by Crippen LogP contribution is 2.22. The van der Waals surface area contributed by atoms with E-state index in [2.05, 4.69) is 5.32 Å². The predicted octanol–water partition coefficient (Wildman–Crippen LogP) is 3.42. The van der Waals surface area contributed by atoms with Crippen LogP contribution in [-0.4, -0.2) is 17.0 Å². The van der Waals surface area contributed by atoms with Gasteiger partial charge in [0.05, 0.1) is 4.34 Å². The molecular formula is C13H10ClNO3S2. The fourth-order valence-electron chi connectivity index (χ4n) is 1.48. The van der Waals surface area contributed by atoms with Gasteiger partial charge in [-0.2, -0.15) is 0 Å². The zero-order chi connectivity index (χ0) is 14.5. The lowest BCUT2D eigenvalue weighted by atomic mass is 10.2. The summed E-state index contributed by atoms with van der Waals surface area (Å²) in [7, 11) is 0. The molecule has 0 aliphatic carbocycles. The lowest BCUT2D eigenvalue weighted by Crippen LogP contribution is -2.31. The number of carbonyl (C=O) groups is 2. The minimum Gasteiger partial charge on any atom is -0.479 e. The third-order valence-electron chi connectivity index (χ3n) is 2.35. The Morgan fingerprint density at radius 1 is 1.35 bits per heavy atom. The molecule has 0 fully saturated rings. The van der Waals surface area contributed by atoms with Crippen LogP contribution in [0.25, 0.3) is 6.08 Å². The molecule has 0 aromatic carbocycles. The third-order valence-corrected chi connectivity index (χ3v) is 4.49. The molecule has 0 spiro atoms. The monoisotopic (exact) mass is 327 g/mol. The molecule has 4 nitrogen and oxygen atoms in total. The van der Waals surface area contributed by atoms with Crippen LogP contribution >= 0.6 is 34.3 Å². The molecule has 2 N–H and O–H groups in total. The van der Waals surface area contributed by atoms with Crippen LogP contribution in [0.5, 0.6) is 0 Å². The van der Waals surface area contributed by atoms with Gasteiger partial charge in [-0.25, -0.2) is 4.79 Å². The summed E-state index contributed by atoms with van der Waals surface area (Å²) in [5, 5.41) is 13.4. The van der Waals surface area contributed by atoms with Gasteiger partial charge in [0.15, 0.2) is 6.04 Å². The summed E-state index contributed by atoms with van der Waals surface area (Å²) in [4.78, 5) is 24.3. The van der Waals surface area contributed by atoms with E-state index in [1.165, 1.54) is 28.7 Å². The summed E-state index contributed by atoms with van der Waals surface area (Å²) >= 11 is 8.40. The molecule has 0 saturated heterocycles. The van der Waals surface area contributed by atoms with Gasteiger partial charge in [0.2, 0.25) is 5.91 Å². The number of carboxylic acids is 1. The smallest absolute Gasteiger partial charge is 0.331 e. The van der Waals surface area contributed by atoms with Gasteiger partial charge in [0, 0.05) is 15.8 Å². The first-order valence-corrected chi connectivity index (χ1v) is 7.64. The first-order valence-electron chi connectivity index (χ1n) is 5.56. The Morgan fingerprint density at radius 2 is 2.15 bits per heavy atom. The van der Waals surface area contributed by atoms with Crippen molar-refractivity contribution in [1.82, 2.24) is 5.32 Å². The average molecular weight is 328 g/mol. The van der Waals surface area contributed by atoms with Crippen molar-refractivity contribution in [2.75, 3.05) is 0 Å². The zero-order valence-electron chi connectivity index (χ0n) is 10.1. The summed E-state index contributed by atoms with van der Waals surface area (Å²) in [5.74, 6) is -1.55. The van der Waals surface area contributed by atoms with Crippen molar-refractivity contribution in [3.8, 4) is 0 Å². The third kappa shape index (κ3) is 3.93. The molecule has 2 rings (SSSR count). The maximum absolute atomic E-state index is 11.7. The second-order valence-electron chi connectivity index (χ2n) is 3.77. The summed E-state index contributed by atoms with van der Waals surface area (Å²) in [6.07, 6.45) is 2.89. The van der Waals surface area contributed by atoms with E-state index >= 15 is 0 Å². The highest BCUT2D eigenvalue weighted by atomic mass is 35.5. The zero-order valence-corrected chi connectivity index (χ0v) is 12.5. The van der Waals surface area contributed by atoms with Gasteiger partial charge < -0.3 is 10.4 Å². The first kappa shape index (κ1) is 14.8. The number of amides is 1. The lowest BCUT2D eigenvalue weighted by Gasteiger charge is -2.10. The molecule has 7 heteroatoms. The van der Waals surface area contributed by atoms with Gasteiger partial charge in [-0.1, -0.05) is 17.7 Å². The molecule has 1 atom stereocenters. The van der Waals surface area contributed by atoms with E-state index in [0.29, 0.717) is 9.21 Å². The minimum absolute atomic E-state index is 0.463. The van der Waals surface area contributed by atoms with E-state index in [-0.39, 0.29) is 0 Å². The number of hydrogen-bond donors (Lipinski definition) is 2. The number of aliphatic carboxylic acids is 1. The van der Waals surface area contributed by atoms with Crippen molar-refractivity contribution in [2.45, 2.75) is 6.04 Å². The SMILES string of the molecule is O=C(/C=C/c1ccc(Cl)s1)NC(C(=O)O)c1cccs1. The van der Waals surface area contributed by atoms with Crippen LogP contribution in [0.15, 0.2) is 35.7 Å². The Bertz CT molecular complexity index is 634. The molecule has 0 bridgehead atoms. The molecule has 104 valence electrons. The molecule has 1 unspecified atom stereocenters. The minimum atomic E-state index is -1.09. The van der Waals surface area contributed by atoms with E-state index in [4.69, 9.17) is 16.7 Å². The molecule has 0 saturated carbocycles. The number of thiophene rings is 2. The number of carboxylic acid groups (broad SMARTS) is 1. The second-order valence-corrected chi connectivity index (χ2v) is 6.50. The van der Waals surface area contributed by atoms with Crippen LogP contribution in [0.3, 0.4) is 0 Å². The standard InChI is InChI=1S/C13H10ClNO3S2/c14-10-5-3-8(20-10)4-6-11(16)15-12(13(17)18)9-2-1-7-19-9/h1-7,12H,(H,15,16)(H,17,18)/b6-4+. The summed E-state index contributed by atoms with van der Waals surface area (Å²) in [6.45, 7) is 0. The molecule has 2 aromatic heterocycles. The summed E-state index contributed by atoms with van der Waals surface area (Å²) in [6, 6.07) is 5.90. The fraction of sp³-hybridized carbons (Fsp3) is 0.0769. The van der Waals surface area contributed by atoms with Crippen LogP contribution < -0.4 is 5.32 Å². The Morgan fingerprint density at radius 3 is 2.70 bits per heavy atom. The molecule has 0 aliphatic rings. The van der Waals surface area contributed by atoms with Crippen LogP contribution in [0, 0.1) is 0 Å². The number of hydrogen-bond acceptors (Lipinski definition) is 4.